The summed E-state index contributed by atoms with van der Waals surface area (Å²) in [4.78, 5) is 18.6. The lowest BCUT2D eigenvalue weighted by atomic mass is 10.2. The van der Waals surface area contributed by atoms with Crippen LogP contribution in [0.5, 0.6) is 0 Å². The fraction of sp³-hybridized carbons (Fsp3) is 0.500. The van der Waals surface area contributed by atoms with Gasteiger partial charge in [0.2, 0.25) is 5.91 Å². The molecule has 0 aliphatic carbocycles. The molecular formula is C16H24N4O. The van der Waals surface area contributed by atoms with Crippen LogP contribution in [0.2, 0.25) is 0 Å². The second kappa shape index (κ2) is 6.72. The molecule has 0 radical (unpaired) electrons. The monoisotopic (exact) mass is 288 g/mol. The highest BCUT2D eigenvalue weighted by Gasteiger charge is 2.18. The first kappa shape index (κ1) is 15.5. The Balaban J connectivity index is 2.08. The number of aromatic nitrogens is 2. The van der Waals surface area contributed by atoms with Crippen molar-refractivity contribution in [1.82, 2.24) is 19.6 Å². The molecule has 0 fully saturated rings. The Morgan fingerprint density at radius 1 is 1.38 bits per heavy atom. The largest absolute Gasteiger partial charge is 0.342 e. The molecule has 0 saturated heterocycles. The minimum atomic E-state index is -0.196. The number of fused-ring (bicyclic) bond motifs is 1. The maximum absolute atomic E-state index is 12.3. The first-order chi connectivity index (χ1) is 10.1. The number of carbonyl (C=O) groups excluding carboxylic acids is 1. The van der Waals surface area contributed by atoms with Gasteiger partial charge in [-0.3, -0.25) is 4.79 Å². The van der Waals surface area contributed by atoms with E-state index in [1.165, 1.54) is 0 Å². The van der Waals surface area contributed by atoms with Crippen LogP contribution in [0.1, 0.15) is 32.2 Å². The number of likely N-dealkylation sites (N-methyl/N-ethyl adjacent to an activating group) is 1. The molecule has 0 bridgehead atoms. The molecular weight excluding hydrogens is 264 g/mol. The van der Waals surface area contributed by atoms with Crippen molar-refractivity contribution in [1.29, 1.82) is 0 Å². The molecule has 2 aromatic rings. The zero-order valence-electron chi connectivity index (χ0n) is 13.3. The Kier molecular flexibility index (Phi) is 4.96. The van der Waals surface area contributed by atoms with Crippen LogP contribution >= 0.6 is 0 Å². The van der Waals surface area contributed by atoms with E-state index in [0.29, 0.717) is 6.54 Å². The zero-order chi connectivity index (χ0) is 15.4. The molecule has 2 rings (SSSR count). The Labute approximate surface area is 126 Å². The van der Waals surface area contributed by atoms with Gasteiger partial charge in [-0.05, 0) is 39.8 Å². The van der Waals surface area contributed by atoms with Crippen molar-refractivity contribution in [3.63, 3.8) is 0 Å². The van der Waals surface area contributed by atoms with Crippen LogP contribution in [0, 0.1) is 6.92 Å². The second-order valence-corrected chi connectivity index (χ2v) is 5.19. The van der Waals surface area contributed by atoms with E-state index in [1.54, 1.807) is 0 Å². The topological polar surface area (TPSA) is 49.6 Å². The van der Waals surface area contributed by atoms with Gasteiger partial charge < -0.3 is 14.6 Å². The highest BCUT2D eigenvalue weighted by molar-refractivity contribution is 5.81. The van der Waals surface area contributed by atoms with Gasteiger partial charge in [-0.1, -0.05) is 6.07 Å². The lowest BCUT2D eigenvalue weighted by Crippen LogP contribution is -2.44. The van der Waals surface area contributed by atoms with E-state index in [-0.39, 0.29) is 11.9 Å². The van der Waals surface area contributed by atoms with Crippen LogP contribution in [0.25, 0.3) is 5.65 Å². The molecule has 114 valence electrons. The average Bonchev–Trinajstić information content (AvgIpc) is 2.81. The summed E-state index contributed by atoms with van der Waals surface area (Å²) in [7, 11) is 0. The van der Waals surface area contributed by atoms with Crippen molar-refractivity contribution in [2.24, 2.45) is 0 Å². The molecule has 5 nitrogen and oxygen atoms in total. The van der Waals surface area contributed by atoms with Crippen molar-refractivity contribution >= 4 is 11.6 Å². The lowest BCUT2D eigenvalue weighted by molar-refractivity contribution is -0.132. The molecule has 21 heavy (non-hydrogen) atoms. The number of nitrogens with zero attached hydrogens (tertiary/aromatic N) is 3. The van der Waals surface area contributed by atoms with Gasteiger partial charge in [0.05, 0.1) is 17.4 Å². The van der Waals surface area contributed by atoms with Gasteiger partial charge in [0.25, 0.3) is 0 Å². The van der Waals surface area contributed by atoms with Crippen LogP contribution < -0.4 is 5.32 Å². The Bertz CT molecular complexity index is 616. The fourth-order valence-corrected chi connectivity index (χ4v) is 2.52. The van der Waals surface area contributed by atoms with Gasteiger partial charge in [0, 0.05) is 25.8 Å². The number of hydrogen-bond acceptors (Lipinski definition) is 3. The summed E-state index contributed by atoms with van der Waals surface area (Å²) in [6.45, 7) is 10.0. The summed E-state index contributed by atoms with van der Waals surface area (Å²) < 4.78 is 2.07. The van der Waals surface area contributed by atoms with Crippen LogP contribution in [0.4, 0.5) is 0 Å². The van der Waals surface area contributed by atoms with E-state index in [1.807, 2.05) is 57.0 Å². The van der Waals surface area contributed by atoms with Crippen molar-refractivity contribution in [3.05, 3.63) is 35.8 Å². The summed E-state index contributed by atoms with van der Waals surface area (Å²) in [5.41, 5.74) is 3.04. The fourth-order valence-electron chi connectivity index (χ4n) is 2.52. The number of amides is 1. The minimum absolute atomic E-state index is 0.145. The normalized spacial score (nSPS) is 12.6. The molecule has 5 heteroatoms. The number of pyridine rings is 1. The third-order valence-electron chi connectivity index (χ3n) is 3.85. The molecule has 1 amide bonds. The molecule has 1 unspecified atom stereocenters. The standard InChI is InChI=1S/C16H24N4O/c1-5-19(6-2)16(21)13(4)17-11-14-12(3)18-15-9-7-8-10-20(14)15/h7-10,13,17H,5-6,11H2,1-4H3. The van der Waals surface area contributed by atoms with E-state index in [0.717, 1.165) is 30.1 Å². The number of aryl methyl sites for hydroxylation is 1. The number of imidazole rings is 1. The average molecular weight is 288 g/mol. The highest BCUT2D eigenvalue weighted by Crippen LogP contribution is 2.11. The third kappa shape index (κ3) is 3.24. The van der Waals surface area contributed by atoms with Crippen molar-refractivity contribution < 1.29 is 4.79 Å². The molecule has 0 aliphatic heterocycles. The molecule has 0 aromatic carbocycles. The van der Waals surface area contributed by atoms with Gasteiger partial charge in [0.1, 0.15) is 5.65 Å². The molecule has 2 heterocycles. The number of rotatable bonds is 6. The van der Waals surface area contributed by atoms with Gasteiger partial charge in [-0.25, -0.2) is 4.98 Å². The van der Waals surface area contributed by atoms with Crippen LogP contribution in [-0.2, 0) is 11.3 Å². The first-order valence-electron chi connectivity index (χ1n) is 7.53. The summed E-state index contributed by atoms with van der Waals surface area (Å²) in [6.07, 6.45) is 2.00. The zero-order valence-corrected chi connectivity index (χ0v) is 13.3. The molecule has 0 aliphatic rings. The maximum Gasteiger partial charge on any atom is 0.239 e. The smallest absolute Gasteiger partial charge is 0.239 e. The van der Waals surface area contributed by atoms with E-state index < -0.39 is 0 Å². The summed E-state index contributed by atoms with van der Waals surface area (Å²) in [6, 6.07) is 5.76. The van der Waals surface area contributed by atoms with Gasteiger partial charge in [-0.15, -0.1) is 0 Å². The Morgan fingerprint density at radius 2 is 2.10 bits per heavy atom. The van der Waals surface area contributed by atoms with Crippen molar-refractivity contribution in [2.45, 2.75) is 40.3 Å². The van der Waals surface area contributed by atoms with E-state index in [2.05, 4.69) is 14.7 Å². The van der Waals surface area contributed by atoms with Gasteiger partial charge in [-0.2, -0.15) is 0 Å². The summed E-state index contributed by atoms with van der Waals surface area (Å²) in [5, 5.41) is 3.31. The lowest BCUT2D eigenvalue weighted by Gasteiger charge is -2.23. The van der Waals surface area contributed by atoms with Crippen LogP contribution in [-0.4, -0.2) is 39.3 Å². The Hall–Kier alpha value is -1.88. The van der Waals surface area contributed by atoms with E-state index in [4.69, 9.17) is 0 Å². The highest BCUT2D eigenvalue weighted by atomic mass is 16.2. The van der Waals surface area contributed by atoms with Gasteiger partial charge >= 0.3 is 0 Å². The van der Waals surface area contributed by atoms with Crippen LogP contribution in [0.15, 0.2) is 24.4 Å². The van der Waals surface area contributed by atoms with E-state index in [9.17, 15) is 4.79 Å². The SMILES string of the molecule is CCN(CC)C(=O)C(C)NCc1c(C)nc2ccccn12. The molecule has 2 aromatic heterocycles. The quantitative estimate of drug-likeness (QED) is 0.884. The molecule has 0 saturated carbocycles. The summed E-state index contributed by atoms with van der Waals surface area (Å²) in [5.74, 6) is 0.145. The summed E-state index contributed by atoms with van der Waals surface area (Å²) >= 11 is 0. The third-order valence-corrected chi connectivity index (χ3v) is 3.85. The molecule has 1 atom stereocenters. The van der Waals surface area contributed by atoms with Gasteiger partial charge in [0.15, 0.2) is 0 Å². The first-order valence-corrected chi connectivity index (χ1v) is 7.53. The number of carbonyl (C=O) groups is 1. The minimum Gasteiger partial charge on any atom is -0.342 e. The predicted molar refractivity (Wildman–Crippen MR) is 84.2 cm³/mol. The van der Waals surface area contributed by atoms with Crippen molar-refractivity contribution in [3.8, 4) is 0 Å². The predicted octanol–water partition coefficient (Wildman–Crippen LogP) is 1.99. The second-order valence-electron chi connectivity index (χ2n) is 5.19. The van der Waals surface area contributed by atoms with Crippen LogP contribution in [0.3, 0.4) is 0 Å². The molecule has 0 spiro atoms. The van der Waals surface area contributed by atoms with Crippen molar-refractivity contribution in [2.75, 3.05) is 13.1 Å². The number of hydrogen-bond donors (Lipinski definition) is 1. The molecule has 1 N–H and O–H groups in total. The Morgan fingerprint density at radius 3 is 2.76 bits per heavy atom. The number of nitrogens with one attached hydrogen (secondary N) is 1. The van der Waals surface area contributed by atoms with E-state index >= 15 is 0 Å². The maximum atomic E-state index is 12.3.